The predicted octanol–water partition coefficient (Wildman–Crippen LogP) is 4.39. The summed E-state index contributed by atoms with van der Waals surface area (Å²) < 4.78 is 38.7. The van der Waals surface area contributed by atoms with E-state index < -0.39 is 29.5 Å². The number of rotatable bonds is 3. The second-order valence-corrected chi connectivity index (χ2v) is 6.13. The standard InChI is InChI=1S/C19H16F3NO2/c1-12(13-6-3-2-4-7-13)16-11-17(24)23(18(16)25)15-9-5-8-14(10-15)19(20,21)22/h2-10,12,16H,11H2,1H3/t12-,16+/m1/s1. The maximum absolute atomic E-state index is 12.9. The Labute approximate surface area is 143 Å². The van der Waals surface area contributed by atoms with E-state index in [0.717, 1.165) is 22.6 Å². The number of anilines is 1. The predicted molar refractivity (Wildman–Crippen MR) is 86.9 cm³/mol. The Hall–Kier alpha value is -2.63. The maximum Gasteiger partial charge on any atom is 0.416 e. The number of amides is 2. The fourth-order valence-corrected chi connectivity index (χ4v) is 3.13. The first-order chi connectivity index (χ1) is 11.8. The summed E-state index contributed by atoms with van der Waals surface area (Å²) in [6.07, 6.45) is -4.54. The van der Waals surface area contributed by atoms with Gasteiger partial charge in [-0.1, -0.05) is 43.3 Å². The van der Waals surface area contributed by atoms with E-state index in [9.17, 15) is 22.8 Å². The van der Waals surface area contributed by atoms with Gasteiger partial charge in [0.25, 0.3) is 0 Å². The molecule has 1 fully saturated rings. The zero-order chi connectivity index (χ0) is 18.2. The van der Waals surface area contributed by atoms with Gasteiger partial charge >= 0.3 is 6.18 Å². The van der Waals surface area contributed by atoms with Crippen LogP contribution in [0.1, 0.15) is 30.4 Å². The molecule has 2 amide bonds. The van der Waals surface area contributed by atoms with Crippen LogP contribution in [0.15, 0.2) is 54.6 Å². The number of carbonyl (C=O) groups excluding carboxylic acids is 2. The Morgan fingerprint density at radius 2 is 1.72 bits per heavy atom. The largest absolute Gasteiger partial charge is 0.416 e. The molecule has 130 valence electrons. The van der Waals surface area contributed by atoms with E-state index >= 15 is 0 Å². The molecule has 0 unspecified atom stereocenters. The van der Waals surface area contributed by atoms with Gasteiger partial charge in [0.15, 0.2) is 0 Å². The second kappa shape index (κ2) is 6.35. The Morgan fingerprint density at radius 3 is 2.36 bits per heavy atom. The lowest BCUT2D eigenvalue weighted by Crippen LogP contribution is -2.31. The van der Waals surface area contributed by atoms with Gasteiger partial charge in [-0.2, -0.15) is 13.2 Å². The van der Waals surface area contributed by atoms with Crippen LogP contribution in [-0.2, 0) is 15.8 Å². The monoisotopic (exact) mass is 347 g/mol. The van der Waals surface area contributed by atoms with Crippen molar-refractivity contribution in [3.8, 4) is 0 Å². The third-order valence-electron chi connectivity index (χ3n) is 4.54. The smallest absolute Gasteiger partial charge is 0.274 e. The summed E-state index contributed by atoms with van der Waals surface area (Å²) >= 11 is 0. The molecule has 2 aromatic carbocycles. The van der Waals surface area contributed by atoms with Crippen molar-refractivity contribution in [2.75, 3.05) is 4.90 Å². The minimum Gasteiger partial charge on any atom is -0.274 e. The van der Waals surface area contributed by atoms with Crippen LogP contribution in [0, 0.1) is 5.92 Å². The first kappa shape index (κ1) is 17.2. The fraction of sp³-hybridized carbons (Fsp3) is 0.263. The molecule has 1 aliphatic rings. The molecule has 0 N–H and O–H groups in total. The van der Waals surface area contributed by atoms with Crippen LogP contribution in [0.5, 0.6) is 0 Å². The lowest BCUT2D eigenvalue weighted by Gasteiger charge is -2.20. The molecule has 0 radical (unpaired) electrons. The van der Waals surface area contributed by atoms with Crippen molar-refractivity contribution in [3.63, 3.8) is 0 Å². The van der Waals surface area contributed by atoms with Gasteiger partial charge in [-0.15, -0.1) is 0 Å². The molecule has 2 atom stereocenters. The molecule has 6 heteroatoms. The van der Waals surface area contributed by atoms with E-state index in [4.69, 9.17) is 0 Å². The number of carbonyl (C=O) groups is 2. The number of nitrogens with zero attached hydrogens (tertiary/aromatic N) is 1. The minimum absolute atomic E-state index is 0.00879. The molecule has 3 rings (SSSR count). The lowest BCUT2D eigenvalue weighted by atomic mass is 9.86. The number of hydrogen-bond donors (Lipinski definition) is 0. The van der Waals surface area contributed by atoms with E-state index in [1.807, 2.05) is 37.3 Å². The number of alkyl halides is 3. The molecule has 0 aromatic heterocycles. The normalized spacial score (nSPS) is 19.4. The van der Waals surface area contributed by atoms with E-state index in [0.29, 0.717) is 0 Å². The van der Waals surface area contributed by atoms with Gasteiger partial charge in [0, 0.05) is 6.42 Å². The third-order valence-corrected chi connectivity index (χ3v) is 4.54. The molecule has 3 nitrogen and oxygen atoms in total. The molecule has 1 saturated heterocycles. The van der Waals surface area contributed by atoms with Crippen molar-refractivity contribution < 1.29 is 22.8 Å². The summed E-state index contributed by atoms with van der Waals surface area (Å²) in [5.74, 6) is -1.71. The zero-order valence-electron chi connectivity index (χ0n) is 13.5. The van der Waals surface area contributed by atoms with Crippen LogP contribution in [0.4, 0.5) is 18.9 Å². The van der Waals surface area contributed by atoms with Gasteiger partial charge in [-0.25, -0.2) is 0 Å². The number of hydrogen-bond acceptors (Lipinski definition) is 2. The number of benzene rings is 2. The van der Waals surface area contributed by atoms with Crippen LogP contribution in [0.2, 0.25) is 0 Å². The van der Waals surface area contributed by atoms with E-state index in [1.165, 1.54) is 12.1 Å². The topological polar surface area (TPSA) is 37.4 Å². The highest BCUT2D eigenvalue weighted by molar-refractivity contribution is 6.21. The first-order valence-corrected chi connectivity index (χ1v) is 7.88. The minimum atomic E-state index is -4.53. The fourth-order valence-electron chi connectivity index (χ4n) is 3.13. The van der Waals surface area contributed by atoms with Crippen LogP contribution in [0.25, 0.3) is 0 Å². The Kier molecular flexibility index (Phi) is 4.37. The van der Waals surface area contributed by atoms with Gasteiger partial charge < -0.3 is 0 Å². The second-order valence-electron chi connectivity index (χ2n) is 6.13. The summed E-state index contributed by atoms with van der Waals surface area (Å²) in [7, 11) is 0. The maximum atomic E-state index is 12.9. The molecular weight excluding hydrogens is 331 g/mol. The molecular formula is C19H16F3NO2. The van der Waals surface area contributed by atoms with Gasteiger partial charge in [0.05, 0.1) is 17.2 Å². The Bertz CT molecular complexity index is 802. The summed E-state index contributed by atoms with van der Waals surface area (Å²) in [4.78, 5) is 25.9. The van der Waals surface area contributed by atoms with Crippen molar-refractivity contribution in [2.45, 2.75) is 25.4 Å². The summed E-state index contributed by atoms with van der Waals surface area (Å²) in [5, 5.41) is 0. The van der Waals surface area contributed by atoms with Crippen LogP contribution in [-0.4, -0.2) is 11.8 Å². The van der Waals surface area contributed by atoms with Crippen molar-refractivity contribution >= 4 is 17.5 Å². The molecule has 0 spiro atoms. The van der Waals surface area contributed by atoms with Crippen molar-refractivity contribution in [3.05, 3.63) is 65.7 Å². The first-order valence-electron chi connectivity index (χ1n) is 7.88. The molecule has 1 heterocycles. The summed E-state index contributed by atoms with van der Waals surface area (Å²) in [6.45, 7) is 1.85. The number of imide groups is 1. The van der Waals surface area contributed by atoms with Crippen molar-refractivity contribution in [1.82, 2.24) is 0 Å². The Morgan fingerprint density at radius 1 is 1.04 bits per heavy atom. The highest BCUT2D eigenvalue weighted by atomic mass is 19.4. The van der Waals surface area contributed by atoms with Gasteiger partial charge in [0.1, 0.15) is 0 Å². The average Bonchev–Trinajstić information content (AvgIpc) is 2.89. The van der Waals surface area contributed by atoms with Crippen LogP contribution < -0.4 is 4.90 Å². The van der Waals surface area contributed by atoms with Gasteiger partial charge in [-0.05, 0) is 29.7 Å². The number of halogens is 3. The molecule has 0 aliphatic carbocycles. The quantitative estimate of drug-likeness (QED) is 0.773. The van der Waals surface area contributed by atoms with Gasteiger partial charge in [0.2, 0.25) is 11.8 Å². The van der Waals surface area contributed by atoms with Gasteiger partial charge in [-0.3, -0.25) is 14.5 Å². The summed E-state index contributed by atoms with van der Waals surface area (Å²) in [5.41, 5.74) is -0.00251. The molecule has 25 heavy (non-hydrogen) atoms. The Balaban J connectivity index is 1.90. The van der Waals surface area contributed by atoms with Crippen LogP contribution in [0.3, 0.4) is 0 Å². The molecule has 1 aliphatic heterocycles. The molecule has 0 bridgehead atoms. The molecule has 0 saturated carbocycles. The van der Waals surface area contributed by atoms with E-state index in [-0.39, 0.29) is 18.0 Å². The van der Waals surface area contributed by atoms with Crippen molar-refractivity contribution in [2.24, 2.45) is 5.92 Å². The van der Waals surface area contributed by atoms with E-state index in [2.05, 4.69) is 0 Å². The highest BCUT2D eigenvalue weighted by Crippen LogP contribution is 2.37. The zero-order valence-corrected chi connectivity index (χ0v) is 13.5. The van der Waals surface area contributed by atoms with Crippen molar-refractivity contribution in [1.29, 1.82) is 0 Å². The third kappa shape index (κ3) is 3.29. The average molecular weight is 347 g/mol. The summed E-state index contributed by atoms with van der Waals surface area (Å²) in [6, 6.07) is 13.6. The SMILES string of the molecule is C[C@H](c1ccccc1)[C@@H]1CC(=O)N(c2cccc(C(F)(F)F)c2)C1=O. The molecule has 2 aromatic rings. The lowest BCUT2D eigenvalue weighted by molar-refractivity contribution is -0.137. The van der Waals surface area contributed by atoms with Crippen LogP contribution >= 0.6 is 0 Å². The highest BCUT2D eigenvalue weighted by Gasteiger charge is 2.43. The van der Waals surface area contributed by atoms with E-state index in [1.54, 1.807) is 0 Å².